The van der Waals surface area contributed by atoms with Gasteiger partial charge < -0.3 is 19.9 Å². The molecule has 0 aliphatic heterocycles. The second-order valence-corrected chi connectivity index (χ2v) is 4.78. The molecule has 0 radical (unpaired) electrons. The molecule has 2 rings (SSSR count). The van der Waals surface area contributed by atoms with E-state index >= 15 is 0 Å². The number of hydrogen-bond donors (Lipinski definition) is 2. The molecule has 1 heterocycles. The van der Waals surface area contributed by atoms with Crippen LogP contribution >= 0.6 is 0 Å². The lowest BCUT2D eigenvalue weighted by Crippen LogP contribution is -2.27. The van der Waals surface area contributed by atoms with Crippen molar-refractivity contribution >= 4 is 11.9 Å². The Balaban J connectivity index is 1.96. The van der Waals surface area contributed by atoms with Gasteiger partial charge in [-0.05, 0) is 30.2 Å². The van der Waals surface area contributed by atoms with Gasteiger partial charge in [0.05, 0.1) is 26.6 Å². The zero-order valence-corrected chi connectivity index (χ0v) is 13.3. The Kier molecular flexibility index (Phi) is 5.67. The molecule has 24 heavy (non-hydrogen) atoms. The van der Waals surface area contributed by atoms with E-state index in [0.29, 0.717) is 24.5 Å². The number of rotatable bonds is 7. The fourth-order valence-electron chi connectivity index (χ4n) is 2.03. The van der Waals surface area contributed by atoms with Crippen LogP contribution in [0.1, 0.15) is 26.5 Å². The summed E-state index contributed by atoms with van der Waals surface area (Å²) in [6, 6.07) is 5.43. The number of benzene rings is 1. The van der Waals surface area contributed by atoms with Gasteiger partial charge in [0, 0.05) is 6.54 Å². The van der Waals surface area contributed by atoms with Crippen molar-refractivity contribution in [3.8, 4) is 11.5 Å². The van der Waals surface area contributed by atoms with Gasteiger partial charge in [0.25, 0.3) is 5.91 Å². The Bertz CT molecular complexity index is 731. The van der Waals surface area contributed by atoms with Gasteiger partial charge in [0.2, 0.25) is 0 Å². The highest BCUT2D eigenvalue weighted by Gasteiger charge is 2.11. The molecule has 1 amide bonds. The lowest BCUT2D eigenvalue weighted by molar-refractivity contribution is 0.0689. The summed E-state index contributed by atoms with van der Waals surface area (Å²) < 4.78 is 10.4. The monoisotopic (exact) mass is 331 g/mol. The zero-order chi connectivity index (χ0) is 17.5. The van der Waals surface area contributed by atoms with Gasteiger partial charge in [-0.1, -0.05) is 0 Å². The number of hydrogen-bond acceptors (Lipinski definition) is 6. The molecule has 0 fully saturated rings. The summed E-state index contributed by atoms with van der Waals surface area (Å²) in [5, 5.41) is 11.4. The van der Waals surface area contributed by atoms with Gasteiger partial charge in [-0.2, -0.15) is 0 Å². The van der Waals surface area contributed by atoms with Crippen molar-refractivity contribution in [1.82, 2.24) is 15.3 Å². The first-order chi connectivity index (χ1) is 11.5. The normalized spacial score (nSPS) is 10.1. The molecular formula is C16H17N3O5. The Labute approximate surface area is 138 Å². The molecule has 0 spiro atoms. The molecule has 0 unspecified atom stereocenters. The van der Waals surface area contributed by atoms with Crippen molar-refractivity contribution in [2.24, 2.45) is 0 Å². The standard InChI is InChI=1S/C16H17N3O5/c1-23-11-3-4-14(24-2)10(7-11)5-6-17-15(20)12-8-19-13(9-18-12)16(21)22/h3-4,7-9H,5-6H2,1-2H3,(H,17,20)(H,21,22). The molecule has 126 valence electrons. The van der Waals surface area contributed by atoms with E-state index in [9.17, 15) is 9.59 Å². The maximum atomic E-state index is 12.0. The molecule has 0 saturated heterocycles. The van der Waals surface area contributed by atoms with Crippen LogP contribution in [0.25, 0.3) is 0 Å². The van der Waals surface area contributed by atoms with Crippen LogP contribution in [-0.2, 0) is 6.42 Å². The summed E-state index contributed by atoms with van der Waals surface area (Å²) in [5.74, 6) is -0.219. The highest BCUT2D eigenvalue weighted by molar-refractivity contribution is 5.92. The molecule has 2 N–H and O–H groups in total. The average molecular weight is 331 g/mol. The van der Waals surface area contributed by atoms with Gasteiger partial charge in [-0.25, -0.2) is 14.8 Å². The highest BCUT2D eigenvalue weighted by atomic mass is 16.5. The first-order valence-electron chi connectivity index (χ1n) is 7.09. The molecule has 8 heteroatoms. The topological polar surface area (TPSA) is 111 Å². The van der Waals surface area contributed by atoms with Crippen LogP contribution in [0, 0.1) is 0 Å². The molecular weight excluding hydrogens is 314 g/mol. The molecule has 1 aromatic heterocycles. The van der Waals surface area contributed by atoms with Crippen LogP contribution in [0.5, 0.6) is 11.5 Å². The van der Waals surface area contributed by atoms with Crippen LogP contribution < -0.4 is 14.8 Å². The van der Waals surface area contributed by atoms with Crippen molar-refractivity contribution < 1.29 is 24.2 Å². The minimum absolute atomic E-state index is 0.0533. The predicted octanol–water partition coefficient (Wildman–Crippen LogP) is 1.16. The smallest absolute Gasteiger partial charge is 0.356 e. The van der Waals surface area contributed by atoms with Crippen LogP contribution in [-0.4, -0.2) is 47.7 Å². The van der Waals surface area contributed by atoms with Gasteiger partial charge in [-0.3, -0.25) is 4.79 Å². The molecule has 0 aliphatic carbocycles. The van der Waals surface area contributed by atoms with E-state index in [1.807, 2.05) is 6.07 Å². The number of carboxylic acids is 1. The molecule has 2 aromatic rings. The van der Waals surface area contributed by atoms with E-state index < -0.39 is 11.9 Å². The Hall–Kier alpha value is -3.16. The van der Waals surface area contributed by atoms with E-state index in [1.54, 1.807) is 26.4 Å². The number of carbonyl (C=O) groups is 2. The predicted molar refractivity (Wildman–Crippen MR) is 84.6 cm³/mol. The van der Waals surface area contributed by atoms with Gasteiger partial charge in [0.1, 0.15) is 17.2 Å². The van der Waals surface area contributed by atoms with Crippen LogP contribution in [0.2, 0.25) is 0 Å². The van der Waals surface area contributed by atoms with Gasteiger partial charge in [-0.15, -0.1) is 0 Å². The third kappa shape index (κ3) is 4.19. The lowest BCUT2D eigenvalue weighted by Gasteiger charge is -2.11. The Morgan fingerprint density at radius 2 is 1.83 bits per heavy atom. The van der Waals surface area contributed by atoms with Gasteiger partial charge >= 0.3 is 5.97 Å². The number of carboxylic acid groups (broad SMARTS) is 1. The second kappa shape index (κ2) is 7.91. The SMILES string of the molecule is COc1ccc(OC)c(CCNC(=O)c2cnc(C(=O)O)cn2)c1. The molecule has 0 saturated carbocycles. The third-order valence-electron chi connectivity index (χ3n) is 3.27. The third-order valence-corrected chi connectivity index (χ3v) is 3.27. The number of carbonyl (C=O) groups excluding carboxylic acids is 1. The number of aromatic carboxylic acids is 1. The summed E-state index contributed by atoms with van der Waals surface area (Å²) in [7, 11) is 3.15. The van der Waals surface area contributed by atoms with E-state index in [2.05, 4.69) is 15.3 Å². The fourth-order valence-corrected chi connectivity index (χ4v) is 2.03. The summed E-state index contributed by atoms with van der Waals surface area (Å²) >= 11 is 0. The molecule has 0 bridgehead atoms. The summed E-state index contributed by atoms with van der Waals surface area (Å²) in [6.45, 7) is 0.352. The molecule has 1 aromatic carbocycles. The Morgan fingerprint density at radius 3 is 2.42 bits per heavy atom. The number of amides is 1. The maximum Gasteiger partial charge on any atom is 0.356 e. The largest absolute Gasteiger partial charge is 0.497 e. The first kappa shape index (κ1) is 17.2. The van der Waals surface area contributed by atoms with Gasteiger partial charge in [0.15, 0.2) is 5.69 Å². The van der Waals surface area contributed by atoms with Crippen LogP contribution in [0.3, 0.4) is 0 Å². The summed E-state index contributed by atoms with van der Waals surface area (Å²) in [4.78, 5) is 30.1. The highest BCUT2D eigenvalue weighted by Crippen LogP contribution is 2.24. The van der Waals surface area contributed by atoms with Crippen molar-refractivity contribution in [2.45, 2.75) is 6.42 Å². The molecule has 0 atom stereocenters. The first-order valence-corrected chi connectivity index (χ1v) is 7.09. The van der Waals surface area contributed by atoms with Crippen LogP contribution in [0.15, 0.2) is 30.6 Å². The van der Waals surface area contributed by atoms with E-state index in [-0.39, 0.29) is 11.4 Å². The average Bonchev–Trinajstić information content (AvgIpc) is 2.61. The number of nitrogens with one attached hydrogen (secondary N) is 1. The van der Waals surface area contributed by atoms with Crippen molar-refractivity contribution in [2.75, 3.05) is 20.8 Å². The quantitative estimate of drug-likeness (QED) is 0.783. The van der Waals surface area contributed by atoms with Crippen molar-refractivity contribution in [1.29, 1.82) is 0 Å². The van der Waals surface area contributed by atoms with E-state index in [4.69, 9.17) is 14.6 Å². The maximum absolute atomic E-state index is 12.0. The molecule has 0 aliphatic rings. The number of aromatic nitrogens is 2. The zero-order valence-electron chi connectivity index (χ0n) is 13.3. The van der Waals surface area contributed by atoms with Crippen LogP contribution in [0.4, 0.5) is 0 Å². The minimum Gasteiger partial charge on any atom is -0.497 e. The molecule has 8 nitrogen and oxygen atoms in total. The number of ether oxygens (including phenoxy) is 2. The summed E-state index contributed by atoms with van der Waals surface area (Å²) in [5.41, 5.74) is 0.731. The number of methoxy groups -OCH3 is 2. The lowest BCUT2D eigenvalue weighted by atomic mass is 10.1. The minimum atomic E-state index is -1.19. The van der Waals surface area contributed by atoms with E-state index in [1.165, 1.54) is 0 Å². The van der Waals surface area contributed by atoms with Crippen molar-refractivity contribution in [3.63, 3.8) is 0 Å². The van der Waals surface area contributed by atoms with E-state index in [0.717, 1.165) is 18.0 Å². The summed E-state index contributed by atoms with van der Waals surface area (Å²) in [6.07, 6.45) is 2.71. The fraction of sp³-hybridized carbons (Fsp3) is 0.250. The second-order valence-electron chi connectivity index (χ2n) is 4.78. The number of nitrogens with zero attached hydrogens (tertiary/aromatic N) is 2. The van der Waals surface area contributed by atoms with Crippen molar-refractivity contribution in [3.05, 3.63) is 47.5 Å². The Morgan fingerprint density at radius 1 is 1.12 bits per heavy atom.